The van der Waals surface area contributed by atoms with Gasteiger partial charge in [0.2, 0.25) is 11.8 Å². The van der Waals surface area contributed by atoms with Gasteiger partial charge in [0, 0.05) is 19.9 Å². The summed E-state index contributed by atoms with van der Waals surface area (Å²) < 4.78 is 5.67. The summed E-state index contributed by atoms with van der Waals surface area (Å²) in [5.41, 5.74) is 3.08. The van der Waals surface area contributed by atoms with Crippen molar-refractivity contribution in [2.24, 2.45) is 0 Å². The minimum atomic E-state index is -0.717. The average Bonchev–Trinajstić information content (AvgIpc) is 3.30. The lowest BCUT2D eigenvalue weighted by atomic mass is 9.93. The van der Waals surface area contributed by atoms with Gasteiger partial charge >= 0.3 is 6.09 Å². The van der Waals surface area contributed by atoms with E-state index in [4.69, 9.17) is 9.72 Å². The van der Waals surface area contributed by atoms with E-state index in [0.29, 0.717) is 31.8 Å². The van der Waals surface area contributed by atoms with Crippen molar-refractivity contribution in [3.63, 3.8) is 0 Å². The molecule has 3 N–H and O–H groups in total. The molecule has 3 aromatic rings. The van der Waals surface area contributed by atoms with Crippen LogP contribution in [0.15, 0.2) is 48.5 Å². The third-order valence-corrected chi connectivity index (χ3v) is 6.53. The predicted molar refractivity (Wildman–Crippen MR) is 145 cm³/mol. The molecule has 1 unspecified atom stereocenters. The third kappa shape index (κ3) is 6.90. The highest BCUT2D eigenvalue weighted by Crippen LogP contribution is 2.27. The first-order valence-corrected chi connectivity index (χ1v) is 13.2. The van der Waals surface area contributed by atoms with E-state index in [0.717, 1.165) is 35.0 Å². The number of carbonyl (C=O) groups excluding carboxylic acids is 3. The van der Waals surface area contributed by atoms with Crippen molar-refractivity contribution >= 4 is 28.9 Å². The highest BCUT2D eigenvalue weighted by Gasteiger charge is 2.38. The molecule has 1 aliphatic heterocycles. The fraction of sp³-hybridized carbons (Fsp3) is 0.448. The maximum atomic E-state index is 13.8. The Kier molecular flexibility index (Phi) is 8.34. The van der Waals surface area contributed by atoms with Gasteiger partial charge in [-0.15, -0.1) is 0 Å². The van der Waals surface area contributed by atoms with Gasteiger partial charge in [-0.05, 0) is 63.3 Å². The van der Waals surface area contributed by atoms with Crippen molar-refractivity contribution in [2.45, 2.75) is 77.6 Å². The van der Waals surface area contributed by atoms with Crippen molar-refractivity contribution in [1.82, 2.24) is 25.5 Å². The van der Waals surface area contributed by atoms with Gasteiger partial charge in [0.1, 0.15) is 17.5 Å². The van der Waals surface area contributed by atoms with Crippen LogP contribution in [0.3, 0.4) is 0 Å². The molecule has 2 heterocycles. The topological polar surface area (TPSA) is 116 Å². The Labute approximate surface area is 223 Å². The minimum absolute atomic E-state index is 0.0630. The summed E-state index contributed by atoms with van der Waals surface area (Å²) in [7, 11) is 0. The van der Waals surface area contributed by atoms with Gasteiger partial charge in [-0.2, -0.15) is 0 Å². The Morgan fingerprint density at radius 2 is 1.79 bits per heavy atom. The Hall–Kier alpha value is -3.88. The lowest BCUT2D eigenvalue weighted by molar-refractivity contribution is -0.128. The highest BCUT2D eigenvalue weighted by atomic mass is 16.6. The molecule has 1 aliphatic rings. The van der Waals surface area contributed by atoms with Crippen LogP contribution in [0.5, 0.6) is 0 Å². The van der Waals surface area contributed by atoms with Crippen LogP contribution in [-0.2, 0) is 27.3 Å². The smallest absolute Gasteiger partial charge is 0.411 e. The molecule has 202 valence electrons. The summed E-state index contributed by atoms with van der Waals surface area (Å²) >= 11 is 0. The maximum Gasteiger partial charge on any atom is 0.411 e. The molecule has 0 fully saturated rings. The molecule has 1 aromatic heterocycles. The molecular formula is C29H37N5O4. The SMILES string of the molecule is CC(=O)NCCCC[C@H](NC(=O)C1Cc2ccccc2CN1C(=O)OC(C)(C)C)c1nc2ccccc2[nH]1. The van der Waals surface area contributed by atoms with E-state index in [-0.39, 0.29) is 17.9 Å². The fourth-order valence-corrected chi connectivity index (χ4v) is 4.69. The van der Waals surface area contributed by atoms with Crippen molar-refractivity contribution < 1.29 is 19.1 Å². The van der Waals surface area contributed by atoms with Crippen LogP contribution in [0.1, 0.15) is 70.0 Å². The van der Waals surface area contributed by atoms with Gasteiger partial charge in [0.25, 0.3) is 0 Å². The van der Waals surface area contributed by atoms with E-state index >= 15 is 0 Å². The van der Waals surface area contributed by atoms with Crippen LogP contribution in [0, 0.1) is 0 Å². The van der Waals surface area contributed by atoms with Gasteiger partial charge in [-0.25, -0.2) is 9.78 Å². The maximum absolute atomic E-state index is 13.8. The molecule has 2 aromatic carbocycles. The van der Waals surface area contributed by atoms with Crippen LogP contribution in [-0.4, -0.2) is 51.0 Å². The second kappa shape index (κ2) is 11.7. The molecule has 0 saturated heterocycles. The molecule has 9 nitrogen and oxygen atoms in total. The zero-order valence-electron chi connectivity index (χ0n) is 22.5. The van der Waals surface area contributed by atoms with Crippen LogP contribution in [0.25, 0.3) is 11.0 Å². The number of nitrogens with one attached hydrogen (secondary N) is 3. The Morgan fingerprint density at radius 3 is 2.50 bits per heavy atom. The summed E-state index contributed by atoms with van der Waals surface area (Å²) in [5.74, 6) is 0.351. The summed E-state index contributed by atoms with van der Waals surface area (Å²) in [6.45, 7) is 7.82. The van der Waals surface area contributed by atoms with Gasteiger partial charge in [0.15, 0.2) is 0 Å². The number of aromatic amines is 1. The zero-order chi connectivity index (χ0) is 27.3. The quantitative estimate of drug-likeness (QED) is 0.382. The molecule has 2 atom stereocenters. The first kappa shape index (κ1) is 27.2. The lowest BCUT2D eigenvalue weighted by Gasteiger charge is -2.37. The molecule has 0 radical (unpaired) electrons. The minimum Gasteiger partial charge on any atom is -0.444 e. The monoisotopic (exact) mass is 519 g/mol. The molecule has 3 amide bonds. The molecule has 0 spiro atoms. The second-order valence-electron chi connectivity index (χ2n) is 10.8. The third-order valence-electron chi connectivity index (χ3n) is 6.53. The standard InChI is InChI=1S/C29H37N5O4/c1-19(35)30-16-10-9-15-24(26-31-22-13-7-8-14-23(22)32-26)33-27(36)25-17-20-11-5-6-12-21(20)18-34(25)28(37)38-29(2,3)4/h5-8,11-14,24-25H,9-10,15-18H2,1-4H3,(H,30,35)(H,31,32)(H,33,36)/t24-,25?/m0/s1. The van der Waals surface area contributed by atoms with E-state index in [1.165, 1.54) is 11.8 Å². The van der Waals surface area contributed by atoms with Crippen molar-refractivity contribution in [2.75, 3.05) is 6.54 Å². The average molecular weight is 520 g/mol. The number of para-hydroxylation sites is 2. The van der Waals surface area contributed by atoms with Crippen LogP contribution < -0.4 is 10.6 Å². The number of hydrogen-bond donors (Lipinski definition) is 3. The summed E-state index contributed by atoms with van der Waals surface area (Å²) in [6.07, 6.45) is 2.05. The Bertz CT molecular complexity index is 1260. The van der Waals surface area contributed by atoms with Gasteiger partial charge < -0.3 is 20.4 Å². The predicted octanol–water partition coefficient (Wildman–Crippen LogP) is 4.39. The van der Waals surface area contributed by atoms with E-state index in [1.807, 2.05) is 69.3 Å². The first-order valence-electron chi connectivity index (χ1n) is 13.2. The number of hydrogen-bond acceptors (Lipinski definition) is 5. The number of unbranched alkanes of at least 4 members (excludes halogenated alkanes) is 1. The molecule has 38 heavy (non-hydrogen) atoms. The number of amides is 3. The Balaban J connectivity index is 1.56. The van der Waals surface area contributed by atoms with Crippen LogP contribution in [0.2, 0.25) is 0 Å². The number of imidazole rings is 1. The van der Waals surface area contributed by atoms with E-state index in [2.05, 4.69) is 15.6 Å². The molecule has 0 aliphatic carbocycles. The second-order valence-corrected chi connectivity index (χ2v) is 10.8. The number of H-pyrrole nitrogens is 1. The number of benzene rings is 2. The lowest BCUT2D eigenvalue weighted by Crippen LogP contribution is -2.54. The van der Waals surface area contributed by atoms with E-state index < -0.39 is 17.7 Å². The number of nitrogens with zero attached hydrogens (tertiary/aromatic N) is 2. The largest absolute Gasteiger partial charge is 0.444 e. The van der Waals surface area contributed by atoms with Gasteiger partial charge in [0.05, 0.1) is 23.6 Å². The van der Waals surface area contributed by atoms with Crippen molar-refractivity contribution in [1.29, 1.82) is 0 Å². The number of rotatable bonds is 8. The number of aromatic nitrogens is 2. The summed E-state index contributed by atoms with van der Waals surface area (Å²) in [4.78, 5) is 47.8. The number of ether oxygens (including phenoxy) is 1. The van der Waals surface area contributed by atoms with Crippen LogP contribution >= 0.6 is 0 Å². The zero-order valence-corrected chi connectivity index (χ0v) is 22.5. The number of fused-ring (bicyclic) bond motifs is 2. The Morgan fingerprint density at radius 1 is 1.08 bits per heavy atom. The van der Waals surface area contributed by atoms with E-state index in [1.54, 1.807) is 0 Å². The normalized spacial score (nSPS) is 16.0. The molecule has 0 bridgehead atoms. The van der Waals surface area contributed by atoms with Gasteiger partial charge in [-0.3, -0.25) is 14.5 Å². The fourth-order valence-electron chi connectivity index (χ4n) is 4.69. The first-order chi connectivity index (χ1) is 18.1. The molecular weight excluding hydrogens is 482 g/mol. The molecule has 9 heteroatoms. The summed E-state index contributed by atoms with van der Waals surface area (Å²) in [6, 6.07) is 14.5. The van der Waals surface area contributed by atoms with Gasteiger partial charge in [-0.1, -0.05) is 36.4 Å². The van der Waals surface area contributed by atoms with Crippen LogP contribution in [0.4, 0.5) is 4.79 Å². The molecule has 4 rings (SSSR count). The van der Waals surface area contributed by atoms with Crippen molar-refractivity contribution in [3.8, 4) is 0 Å². The van der Waals surface area contributed by atoms with E-state index in [9.17, 15) is 14.4 Å². The highest BCUT2D eigenvalue weighted by molar-refractivity contribution is 5.87. The molecule has 0 saturated carbocycles. The van der Waals surface area contributed by atoms with Crippen molar-refractivity contribution in [3.05, 3.63) is 65.5 Å². The summed E-state index contributed by atoms with van der Waals surface area (Å²) in [5, 5.41) is 5.98. The number of carbonyl (C=O) groups is 3.